The number of aromatic nitrogens is 2. The Balaban J connectivity index is 3.05. The summed E-state index contributed by atoms with van der Waals surface area (Å²) < 4.78 is 0. The van der Waals surface area contributed by atoms with E-state index in [-0.39, 0.29) is 5.91 Å². The molecule has 0 radical (unpaired) electrons. The Bertz CT molecular complexity index is 309. The molecule has 0 fully saturated rings. The third-order valence-electron chi connectivity index (χ3n) is 1.65. The molecule has 1 aromatic heterocycles. The highest BCUT2D eigenvalue weighted by molar-refractivity contribution is 5.91. The molecule has 0 atom stereocenters. The predicted octanol–water partition coefficient (Wildman–Crippen LogP) is 0.453. The van der Waals surface area contributed by atoms with Crippen molar-refractivity contribution in [3.63, 3.8) is 0 Å². The molecule has 1 amide bonds. The molecule has 1 heterocycles. The number of carbonyl (C=O) groups is 1. The van der Waals surface area contributed by atoms with Crippen LogP contribution in [0, 0.1) is 13.8 Å². The van der Waals surface area contributed by atoms with E-state index >= 15 is 0 Å². The first-order valence-corrected chi connectivity index (χ1v) is 3.67. The first-order valence-electron chi connectivity index (χ1n) is 3.67. The first kappa shape index (κ1) is 8.64. The van der Waals surface area contributed by atoms with E-state index in [0.717, 1.165) is 11.4 Å². The summed E-state index contributed by atoms with van der Waals surface area (Å²) in [6, 6.07) is 0. The minimum atomic E-state index is -0.203. The molecule has 0 saturated carbocycles. The van der Waals surface area contributed by atoms with Crippen LogP contribution in [0.1, 0.15) is 21.9 Å². The average molecular weight is 165 g/mol. The van der Waals surface area contributed by atoms with E-state index in [1.54, 1.807) is 7.05 Å². The van der Waals surface area contributed by atoms with E-state index < -0.39 is 0 Å². The van der Waals surface area contributed by atoms with Gasteiger partial charge in [-0.15, -0.1) is 0 Å². The van der Waals surface area contributed by atoms with Gasteiger partial charge in [0.15, 0.2) is 0 Å². The number of carbonyl (C=O) groups excluding carboxylic acids is 1. The highest BCUT2D eigenvalue weighted by Crippen LogP contribution is 2.00. The van der Waals surface area contributed by atoms with Crippen LogP contribution < -0.4 is 5.32 Å². The first-order chi connectivity index (χ1) is 5.65. The van der Waals surface area contributed by atoms with E-state index in [0.29, 0.717) is 5.69 Å². The van der Waals surface area contributed by atoms with Gasteiger partial charge in [-0.2, -0.15) is 0 Å². The van der Waals surface area contributed by atoms with Gasteiger partial charge in [-0.1, -0.05) is 0 Å². The van der Waals surface area contributed by atoms with Gasteiger partial charge in [-0.05, 0) is 13.8 Å². The number of aryl methyl sites for hydroxylation is 2. The lowest BCUT2D eigenvalue weighted by Gasteiger charge is -2.01. The van der Waals surface area contributed by atoms with Gasteiger partial charge >= 0.3 is 0 Å². The van der Waals surface area contributed by atoms with Crippen molar-refractivity contribution in [1.29, 1.82) is 0 Å². The molecular weight excluding hydrogens is 154 g/mol. The highest BCUT2D eigenvalue weighted by Gasteiger charge is 2.05. The van der Waals surface area contributed by atoms with Crippen LogP contribution in [0.25, 0.3) is 0 Å². The number of hydrogen-bond acceptors (Lipinski definition) is 3. The second kappa shape index (κ2) is 3.30. The van der Waals surface area contributed by atoms with Gasteiger partial charge in [0.25, 0.3) is 5.91 Å². The van der Waals surface area contributed by atoms with Crippen LogP contribution in [-0.2, 0) is 0 Å². The van der Waals surface area contributed by atoms with Crippen LogP contribution in [0.5, 0.6) is 0 Å². The number of nitrogens with zero attached hydrogens (tertiary/aromatic N) is 2. The van der Waals surface area contributed by atoms with Crippen LogP contribution in [0.3, 0.4) is 0 Å². The summed E-state index contributed by atoms with van der Waals surface area (Å²) in [5.74, 6) is -0.203. The third-order valence-corrected chi connectivity index (χ3v) is 1.65. The van der Waals surface area contributed by atoms with E-state index in [1.807, 2.05) is 13.8 Å². The molecule has 1 rings (SSSR count). The second-order valence-electron chi connectivity index (χ2n) is 2.51. The van der Waals surface area contributed by atoms with Gasteiger partial charge in [0.2, 0.25) is 0 Å². The molecule has 4 nitrogen and oxygen atoms in total. The average Bonchev–Trinajstić information content (AvgIpc) is 2.08. The van der Waals surface area contributed by atoms with Gasteiger partial charge in [-0.25, -0.2) is 4.98 Å². The fraction of sp³-hybridized carbons (Fsp3) is 0.375. The molecule has 0 aromatic carbocycles. The molecule has 1 N–H and O–H groups in total. The number of amides is 1. The summed E-state index contributed by atoms with van der Waals surface area (Å²) in [5, 5.41) is 2.49. The lowest BCUT2D eigenvalue weighted by Crippen LogP contribution is -2.20. The Hall–Kier alpha value is -1.45. The molecule has 0 saturated heterocycles. The van der Waals surface area contributed by atoms with Crippen LogP contribution in [-0.4, -0.2) is 22.9 Å². The maximum Gasteiger partial charge on any atom is 0.271 e. The van der Waals surface area contributed by atoms with E-state index in [1.165, 1.54) is 6.20 Å². The zero-order chi connectivity index (χ0) is 9.14. The maximum atomic E-state index is 11.1. The van der Waals surface area contributed by atoms with Crippen molar-refractivity contribution in [2.24, 2.45) is 0 Å². The summed E-state index contributed by atoms with van der Waals surface area (Å²) in [4.78, 5) is 19.2. The van der Waals surface area contributed by atoms with E-state index in [9.17, 15) is 4.79 Å². The monoisotopic (exact) mass is 165 g/mol. The van der Waals surface area contributed by atoms with Gasteiger partial charge in [0.1, 0.15) is 5.69 Å². The van der Waals surface area contributed by atoms with Gasteiger partial charge in [0.05, 0.1) is 17.6 Å². The molecule has 0 aliphatic carbocycles. The minimum Gasteiger partial charge on any atom is -0.354 e. The predicted molar refractivity (Wildman–Crippen MR) is 44.9 cm³/mol. The van der Waals surface area contributed by atoms with Crippen molar-refractivity contribution in [1.82, 2.24) is 15.3 Å². The lowest BCUT2D eigenvalue weighted by molar-refractivity contribution is 0.0957. The zero-order valence-corrected chi connectivity index (χ0v) is 7.38. The van der Waals surface area contributed by atoms with Crippen molar-refractivity contribution in [2.75, 3.05) is 7.05 Å². The Morgan fingerprint density at radius 2 is 2.08 bits per heavy atom. The Morgan fingerprint density at radius 1 is 1.42 bits per heavy atom. The summed E-state index contributed by atoms with van der Waals surface area (Å²) in [7, 11) is 1.57. The van der Waals surface area contributed by atoms with Crippen molar-refractivity contribution < 1.29 is 4.79 Å². The van der Waals surface area contributed by atoms with Crippen LogP contribution in [0.15, 0.2) is 6.20 Å². The SMILES string of the molecule is CNC(=O)c1cnc(C)c(C)n1. The molecule has 0 spiro atoms. The molecule has 0 aliphatic rings. The molecule has 0 unspecified atom stereocenters. The number of nitrogens with one attached hydrogen (secondary N) is 1. The minimum absolute atomic E-state index is 0.203. The topological polar surface area (TPSA) is 54.9 Å². The Morgan fingerprint density at radius 3 is 2.58 bits per heavy atom. The Kier molecular flexibility index (Phi) is 2.38. The van der Waals surface area contributed by atoms with Gasteiger partial charge < -0.3 is 5.32 Å². The summed E-state index contributed by atoms with van der Waals surface area (Å²) in [6.45, 7) is 3.69. The quantitative estimate of drug-likeness (QED) is 0.657. The summed E-state index contributed by atoms with van der Waals surface area (Å²) in [5.41, 5.74) is 2.00. The summed E-state index contributed by atoms with van der Waals surface area (Å²) >= 11 is 0. The van der Waals surface area contributed by atoms with Crippen molar-refractivity contribution in [2.45, 2.75) is 13.8 Å². The molecule has 0 aliphatic heterocycles. The molecule has 0 bridgehead atoms. The fourth-order valence-corrected chi connectivity index (χ4v) is 0.779. The number of hydrogen-bond donors (Lipinski definition) is 1. The lowest BCUT2D eigenvalue weighted by atomic mass is 10.3. The third kappa shape index (κ3) is 1.58. The van der Waals surface area contributed by atoms with Crippen LogP contribution in [0.4, 0.5) is 0 Å². The number of rotatable bonds is 1. The zero-order valence-electron chi connectivity index (χ0n) is 7.38. The van der Waals surface area contributed by atoms with Gasteiger partial charge in [0, 0.05) is 7.05 Å². The maximum absolute atomic E-state index is 11.1. The Labute approximate surface area is 71.0 Å². The standard InChI is InChI=1S/C8H11N3O/c1-5-6(2)11-7(4-10-5)8(12)9-3/h4H,1-3H3,(H,9,12). The van der Waals surface area contributed by atoms with Crippen molar-refractivity contribution in [3.05, 3.63) is 23.3 Å². The molecular formula is C8H11N3O. The smallest absolute Gasteiger partial charge is 0.271 e. The molecule has 1 aromatic rings. The van der Waals surface area contributed by atoms with Crippen molar-refractivity contribution >= 4 is 5.91 Å². The van der Waals surface area contributed by atoms with Crippen molar-refractivity contribution in [3.8, 4) is 0 Å². The largest absolute Gasteiger partial charge is 0.354 e. The van der Waals surface area contributed by atoms with Crippen LogP contribution in [0.2, 0.25) is 0 Å². The van der Waals surface area contributed by atoms with E-state index in [4.69, 9.17) is 0 Å². The highest BCUT2D eigenvalue weighted by atomic mass is 16.1. The van der Waals surface area contributed by atoms with E-state index in [2.05, 4.69) is 15.3 Å². The fourth-order valence-electron chi connectivity index (χ4n) is 0.779. The summed E-state index contributed by atoms with van der Waals surface area (Å²) in [6.07, 6.45) is 1.47. The molecule has 64 valence electrons. The second-order valence-corrected chi connectivity index (χ2v) is 2.51. The molecule has 4 heteroatoms. The van der Waals surface area contributed by atoms with Gasteiger partial charge in [-0.3, -0.25) is 9.78 Å². The normalized spacial score (nSPS) is 9.58. The molecule has 12 heavy (non-hydrogen) atoms. The van der Waals surface area contributed by atoms with Crippen LogP contribution >= 0.6 is 0 Å².